The van der Waals surface area contributed by atoms with Crippen LogP contribution in [0.4, 0.5) is 0 Å². The van der Waals surface area contributed by atoms with E-state index in [9.17, 15) is 4.79 Å². The molecule has 2 saturated heterocycles. The normalized spacial score (nSPS) is 37.8. The highest BCUT2D eigenvalue weighted by atomic mass is 16.8. The van der Waals surface area contributed by atoms with E-state index in [-0.39, 0.29) is 18.2 Å². The van der Waals surface area contributed by atoms with Crippen molar-refractivity contribution in [2.24, 2.45) is 0 Å². The van der Waals surface area contributed by atoms with Crippen molar-refractivity contribution in [1.82, 2.24) is 0 Å². The minimum Gasteiger partial charge on any atom is -0.449 e. The molecule has 0 aliphatic carbocycles. The van der Waals surface area contributed by atoms with E-state index in [0.717, 1.165) is 12.8 Å². The molecule has 1 aromatic rings. The molecule has 0 saturated carbocycles. The zero-order chi connectivity index (χ0) is 11.5. The van der Waals surface area contributed by atoms with Gasteiger partial charge in [0, 0.05) is 0 Å². The van der Waals surface area contributed by atoms with Crippen molar-refractivity contribution in [3.05, 3.63) is 29.8 Å². The van der Waals surface area contributed by atoms with Gasteiger partial charge in [-0.05, 0) is 25.0 Å². The second-order valence-corrected chi connectivity index (χ2v) is 4.83. The van der Waals surface area contributed by atoms with Crippen molar-refractivity contribution < 1.29 is 19.0 Å². The lowest BCUT2D eigenvalue weighted by Gasteiger charge is -2.38. The molecule has 88 valence electrons. The molecule has 1 spiro atoms. The van der Waals surface area contributed by atoms with Crippen LogP contribution in [0.5, 0.6) is 5.75 Å². The van der Waals surface area contributed by atoms with Gasteiger partial charge in [-0.2, -0.15) is 0 Å². The van der Waals surface area contributed by atoms with Gasteiger partial charge in [0.1, 0.15) is 17.4 Å². The molecule has 0 amide bonds. The quantitative estimate of drug-likeness (QED) is 0.641. The summed E-state index contributed by atoms with van der Waals surface area (Å²) in [5.74, 6) is -0.558. The minimum atomic E-state index is -0.867. The average Bonchev–Trinajstić information content (AvgIpc) is 2.89. The second-order valence-electron chi connectivity index (χ2n) is 4.83. The molecule has 0 radical (unpaired) electrons. The number of para-hydroxylation sites is 1. The number of hydrogen-bond acceptors (Lipinski definition) is 4. The first-order valence-corrected chi connectivity index (χ1v) is 5.94. The maximum Gasteiger partial charge on any atom is 0.345 e. The number of benzene rings is 1. The van der Waals surface area contributed by atoms with Crippen molar-refractivity contribution in [2.75, 3.05) is 0 Å². The summed E-state index contributed by atoms with van der Waals surface area (Å²) >= 11 is 0. The number of carbonyl (C=O) groups is 1. The van der Waals surface area contributed by atoms with Gasteiger partial charge in [0.05, 0.1) is 12.5 Å². The van der Waals surface area contributed by atoms with Gasteiger partial charge < -0.3 is 14.2 Å². The molecular formula is C13H12O4. The molecule has 3 atom stereocenters. The van der Waals surface area contributed by atoms with Crippen LogP contribution in [0, 0.1) is 0 Å². The fraction of sp³-hybridized carbons (Fsp3) is 0.462. The zero-order valence-electron chi connectivity index (χ0n) is 9.22. The number of hydrogen-bond donors (Lipinski definition) is 0. The predicted molar refractivity (Wildman–Crippen MR) is 57.7 cm³/mol. The lowest BCUT2D eigenvalue weighted by atomic mass is 9.93. The maximum atomic E-state index is 12.0. The number of fused-ring (bicyclic) bond motifs is 4. The Morgan fingerprint density at radius 1 is 1.18 bits per heavy atom. The summed E-state index contributed by atoms with van der Waals surface area (Å²) in [5, 5.41) is 0. The molecule has 0 N–H and O–H groups in total. The van der Waals surface area contributed by atoms with Crippen LogP contribution >= 0.6 is 0 Å². The number of esters is 1. The third kappa shape index (κ3) is 1.19. The van der Waals surface area contributed by atoms with Crippen LogP contribution < -0.4 is 4.74 Å². The predicted octanol–water partition coefficient (Wildman–Crippen LogP) is 1.88. The largest absolute Gasteiger partial charge is 0.449 e. The van der Waals surface area contributed by atoms with Gasteiger partial charge in [0.25, 0.3) is 5.79 Å². The van der Waals surface area contributed by atoms with Gasteiger partial charge in [-0.25, -0.2) is 4.79 Å². The molecule has 17 heavy (non-hydrogen) atoms. The van der Waals surface area contributed by atoms with Gasteiger partial charge in [-0.1, -0.05) is 12.1 Å². The van der Waals surface area contributed by atoms with E-state index < -0.39 is 5.79 Å². The van der Waals surface area contributed by atoms with E-state index in [1.54, 1.807) is 12.1 Å². The maximum absolute atomic E-state index is 12.0. The topological polar surface area (TPSA) is 44.8 Å². The van der Waals surface area contributed by atoms with Gasteiger partial charge >= 0.3 is 5.97 Å². The lowest BCUT2D eigenvalue weighted by Crippen LogP contribution is -2.51. The smallest absolute Gasteiger partial charge is 0.345 e. The van der Waals surface area contributed by atoms with Crippen molar-refractivity contribution in [3.8, 4) is 5.75 Å². The Morgan fingerprint density at radius 3 is 2.82 bits per heavy atom. The van der Waals surface area contributed by atoms with Gasteiger partial charge in [-0.3, -0.25) is 0 Å². The Kier molecular flexibility index (Phi) is 1.68. The first-order valence-electron chi connectivity index (χ1n) is 5.94. The minimum absolute atomic E-state index is 0.107. The van der Waals surface area contributed by atoms with Gasteiger partial charge in [0.15, 0.2) is 0 Å². The first-order chi connectivity index (χ1) is 8.27. The molecule has 0 aromatic heterocycles. The van der Waals surface area contributed by atoms with Crippen molar-refractivity contribution in [3.63, 3.8) is 0 Å². The third-order valence-electron chi connectivity index (χ3n) is 3.77. The van der Waals surface area contributed by atoms with Crippen LogP contribution in [0.25, 0.3) is 0 Å². The molecule has 3 aliphatic rings. The van der Waals surface area contributed by atoms with E-state index in [2.05, 4.69) is 0 Å². The van der Waals surface area contributed by atoms with Crippen molar-refractivity contribution in [2.45, 2.75) is 37.3 Å². The first kappa shape index (κ1) is 9.48. The highest BCUT2D eigenvalue weighted by molar-refractivity contribution is 5.93. The monoisotopic (exact) mass is 232 g/mol. The molecule has 4 heteroatoms. The Hall–Kier alpha value is -1.55. The summed E-state index contributed by atoms with van der Waals surface area (Å²) in [7, 11) is 0. The molecule has 3 unspecified atom stereocenters. The van der Waals surface area contributed by atoms with Crippen molar-refractivity contribution in [1.29, 1.82) is 0 Å². The lowest BCUT2D eigenvalue weighted by molar-refractivity contribution is -0.183. The number of carbonyl (C=O) groups excluding carboxylic acids is 1. The summed E-state index contributed by atoms with van der Waals surface area (Å²) in [5.41, 5.74) is 0.501. The van der Waals surface area contributed by atoms with Gasteiger partial charge in [0.2, 0.25) is 0 Å². The van der Waals surface area contributed by atoms with E-state index in [0.29, 0.717) is 17.7 Å². The molecule has 4 rings (SSSR count). The molecular weight excluding hydrogens is 220 g/mol. The van der Waals surface area contributed by atoms with Crippen LogP contribution in [0.3, 0.4) is 0 Å². The molecule has 4 nitrogen and oxygen atoms in total. The zero-order valence-corrected chi connectivity index (χ0v) is 9.22. The number of ether oxygens (including phenoxy) is 3. The van der Waals surface area contributed by atoms with E-state index >= 15 is 0 Å². The van der Waals surface area contributed by atoms with Crippen LogP contribution in [-0.2, 0) is 9.47 Å². The summed E-state index contributed by atoms with van der Waals surface area (Å²) in [6.45, 7) is 0. The van der Waals surface area contributed by atoms with Gasteiger partial charge in [-0.15, -0.1) is 0 Å². The Balaban J connectivity index is 1.77. The SMILES string of the molecule is O=C1OC2(CC3CCC2O3)Oc2ccccc21. The molecule has 3 heterocycles. The van der Waals surface area contributed by atoms with Crippen LogP contribution in [0.2, 0.25) is 0 Å². The standard InChI is InChI=1S/C13H12O4/c14-12-9-3-1-2-4-10(9)16-13(17-12)7-8-5-6-11(13)15-8/h1-4,8,11H,5-7H2. The summed E-state index contributed by atoms with van der Waals surface area (Å²) in [6, 6.07) is 7.19. The van der Waals surface area contributed by atoms with E-state index in [1.165, 1.54) is 0 Å². The highest BCUT2D eigenvalue weighted by Gasteiger charge is 2.59. The van der Waals surface area contributed by atoms with Crippen LogP contribution in [0.1, 0.15) is 29.6 Å². The molecule has 3 aliphatic heterocycles. The van der Waals surface area contributed by atoms with E-state index in [1.807, 2.05) is 12.1 Å². The summed E-state index contributed by atoms with van der Waals surface area (Å²) in [6.07, 6.45) is 2.66. The van der Waals surface area contributed by atoms with Crippen LogP contribution in [0.15, 0.2) is 24.3 Å². The fourth-order valence-electron chi connectivity index (χ4n) is 2.99. The summed E-state index contributed by atoms with van der Waals surface area (Å²) < 4.78 is 17.2. The third-order valence-corrected chi connectivity index (χ3v) is 3.77. The fourth-order valence-corrected chi connectivity index (χ4v) is 2.99. The van der Waals surface area contributed by atoms with Crippen LogP contribution in [-0.4, -0.2) is 24.0 Å². The average molecular weight is 232 g/mol. The Bertz CT molecular complexity index is 498. The molecule has 1 aromatic carbocycles. The Labute approximate surface area is 98.5 Å². The summed E-state index contributed by atoms with van der Waals surface area (Å²) in [4.78, 5) is 12.0. The number of rotatable bonds is 0. The molecule has 2 fully saturated rings. The highest BCUT2D eigenvalue weighted by Crippen LogP contribution is 2.47. The van der Waals surface area contributed by atoms with Crippen molar-refractivity contribution >= 4 is 5.97 Å². The second kappa shape index (κ2) is 3.01. The Morgan fingerprint density at radius 2 is 2.06 bits per heavy atom. The van der Waals surface area contributed by atoms with E-state index in [4.69, 9.17) is 14.2 Å². The molecule has 2 bridgehead atoms.